The highest BCUT2D eigenvalue weighted by molar-refractivity contribution is 5.90. The van der Waals surface area contributed by atoms with Gasteiger partial charge in [-0.25, -0.2) is 4.79 Å². The number of ether oxygens (including phenoxy) is 1. The molecule has 1 rings (SSSR count). The lowest BCUT2D eigenvalue weighted by atomic mass is 10.1. The van der Waals surface area contributed by atoms with Crippen molar-refractivity contribution < 1.29 is 14.6 Å². The maximum atomic E-state index is 11.5. The Morgan fingerprint density at radius 2 is 2.19 bits per heavy atom. The number of esters is 1. The van der Waals surface area contributed by atoms with Crippen molar-refractivity contribution in [2.24, 2.45) is 0 Å². The van der Waals surface area contributed by atoms with Gasteiger partial charge >= 0.3 is 5.97 Å². The fourth-order valence-electron chi connectivity index (χ4n) is 1.14. The summed E-state index contributed by atoms with van der Waals surface area (Å²) < 4.78 is 5.00. The van der Waals surface area contributed by atoms with Crippen LogP contribution in [0.5, 0.6) is 0 Å². The van der Waals surface area contributed by atoms with Crippen molar-refractivity contribution in [3.63, 3.8) is 0 Å². The minimum absolute atomic E-state index is 0.192. The van der Waals surface area contributed by atoms with E-state index in [2.05, 4.69) is 0 Å². The number of rotatable bonds is 4. The molecule has 0 aliphatic heterocycles. The number of anilines is 1. The highest BCUT2D eigenvalue weighted by Crippen LogP contribution is 2.10. The van der Waals surface area contributed by atoms with Crippen LogP contribution in [0.2, 0.25) is 0 Å². The van der Waals surface area contributed by atoms with Gasteiger partial charge in [0.15, 0.2) is 0 Å². The molecule has 0 saturated heterocycles. The van der Waals surface area contributed by atoms with Crippen LogP contribution >= 0.6 is 0 Å². The minimum Gasteiger partial charge on any atom is -0.462 e. The van der Waals surface area contributed by atoms with Gasteiger partial charge in [-0.3, -0.25) is 0 Å². The number of carbonyl (C=O) groups excluding carboxylic acids is 1. The number of hydrogen-bond donors (Lipinski definition) is 2. The van der Waals surface area contributed by atoms with Crippen molar-refractivity contribution in [3.8, 4) is 0 Å². The first kappa shape index (κ1) is 12.5. The van der Waals surface area contributed by atoms with Gasteiger partial charge in [0.1, 0.15) is 0 Å². The van der Waals surface area contributed by atoms with Crippen LogP contribution in [-0.2, 0) is 4.74 Å². The van der Waals surface area contributed by atoms with E-state index in [0.29, 0.717) is 17.7 Å². The molecule has 0 atom stereocenters. The lowest BCUT2D eigenvalue weighted by Crippen LogP contribution is -2.22. The van der Waals surface area contributed by atoms with E-state index in [1.54, 1.807) is 38.1 Å². The second-order valence-electron chi connectivity index (χ2n) is 4.32. The Bertz CT molecular complexity index is 369. The van der Waals surface area contributed by atoms with Crippen LogP contribution in [0.4, 0.5) is 5.69 Å². The summed E-state index contributed by atoms with van der Waals surface area (Å²) in [5, 5.41) is 9.43. The average Bonchev–Trinajstić information content (AvgIpc) is 2.15. The number of aliphatic hydroxyl groups is 1. The van der Waals surface area contributed by atoms with E-state index in [1.165, 1.54) is 0 Å². The zero-order valence-electron chi connectivity index (χ0n) is 9.56. The molecule has 0 saturated carbocycles. The molecule has 0 heterocycles. The molecule has 4 heteroatoms. The van der Waals surface area contributed by atoms with E-state index < -0.39 is 11.6 Å². The quantitative estimate of drug-likeness (QED) is 0.600. The van der Waals surface area contributed by atoms with Crippen LogP contribution in [0, 0.1) is 0 Å². The van der Waals surface area contributed by atoms with E-state index in [1.807, 2.05) is 0 Å². The molecular formula is C12H17NO3. The predicted molar refractivity (Wildman–Crippen MR) is 62.1 cm³/mol. The molecule has 88 valence electrons. The van der Waals surface area contributed by atoms with E-state index in [9.17, 15) is 9.90 Å². The third kappa shape index (κ3) is 4.31. The van der Waals surface area contributed by atoms with Gasteiger partial charge < -0.3 is 15.6 Å². The van der Waals surface area contributed by atoms with Gasteiger partial charge in [0.2, 0.25) is 0 Å². The number of nitrogen functional groups attached to an aromatic ring is 1. The minimum atomic E-state index is -0.823. The molecule has 1 aromatic carbocycles. The Kier molecular flexibility index (Phi) is 3.90. The lowest BCUT2D eigenvalue weighted by Gasteiger charge is -2.16. The SMILES string of the molecule is CC(C)(O)CCOC(=O)c1cccc(N)c1. The number of carbonyl (C=O) groups is 1. The van der Waals surface area contributed by atoms with Crippen molar-refractivity contribution in [3.05, 3.63) is 29.8 Å². The van der Waals surface area contributed by atoms with Crippen LogP contribution in [0.3, 0.4) is 0 Å². The molecule has 0 aliphatic rings. The first-order valence-corrected chi connectivity index (χ1v) is 5.13. The van der Waals surface area contributed by atoms with Crippen molar-refractivity contribution in [2.75, 3.05) is 12.3 Å². The Hall–Kier alpha value is -1.55. The summed E-state index contributed by atoms with van der Waals surface area (Å²) in [6.07, 6.45) is 0.404. The van der Waals surface area contributed by atoms with Crippen LogP contribution < -0.4 is 5.73 Å². The topological polar surface area (TPSA) is 72.5 Å². The molecule has 4 nitrogen and oxygen atoms in total. The molecule has 0 radical (unpaired) electrons. The van der Waals surface area contributed by atoms with Crippen molar-refractivity contribution in [1.29, 1.82) is 0 Å². The van der Waals surface area contributed by atoms with Crippen molar-refractivity contribution >= 4 is 11.7 Å². The summed E-state index contributed by atoms with van der Waals surface area (Å²) in [7, 11) is 0. The molecule has 0 spiro atoms. The Labute approximate surface area is 95.0 Å². The second-order valence-corrected chi connectivity index (χ2v) is 4.32. The van der Waals surface area contributed by atoms with Gasteiger partial charge in [-0.1, -0.05) is 6.07 Å². The Morgan fingerprint density at radius 3 is 2.75 bits per heavy atom. The summed E-state index contributed by atoms with van der Waals surface area (Å²) >= 11 is 0. The molecule has 0 amide bonds. The standard InChI is InChI=1S/C12H17NO3/c1-12(2,15)6-7-16-11(14)9-4-3-5-10(13)8-9/h3-5,8,15H,6-7,13H2,1-2H3. The molecule has 0 bridgehead atoms. The van der Waals surface area contributed by atoms with Gasteiger partial charge in [0, 0.05) is 12.1 Å². The van der Waals surface area contributed by atoms with E-state index in [-0.39, 0.29) is 6.61 Å². The molecule has 16 heavy (non-hydrogen) atoms. The molecule has 3 N–H and O–H groups in total. The second kappa shape index (κ2) is 4.99. The zero-order chi connectivity index (χ0) is 12.2. The third-order valence-corrected chi connectivity index (χ3v) is 2.07. The molecule has 0 aliphatic carbocycles. The van der Waals surface area contributed by atoms with Gasteiger partial charge in [0.25, 0.3) is 0 Å². The lowest BCUT2D eigenvalue weighted by molar-refractivity contribution is 0.0244. The average molecular weight is 223 g/mol. The maximum Gasteiger partial charge on any atom is 0.338 e. The van der Waals surface area contributed by atoms with E-state index in [0.717, 1.165) is 0 Å². The van der Waals surface area contributed by atoms with Crippen LogP contribution in [0.15, 0.2) is 24.3 Å². The van der Waals surface area contributed by atoms with Gasteiger partial charge in [-0.05, 0) is 32.0 Å². The summed E-state index contributed by atoms with van der Waals surface area (Å²) in [6, 6.07) is 6.60. The number of benzene rings is 1. The smallest absolute Gasteiger partial charge is 0.338 e. The van der Waals surface area contributed by atoms with Gasteiger partial charge in [-0.15, -0.1) is 0 Å². The highest BCUT2D eigenvalue weighted by atomic mass is 16.5. The highest BCUT2D eigenvalue weighted by Gasteiger charge is 2.14. The summed E-state index contributed by atoms with van der Waals surface area (Å²) in [5.74, 6) is -0.420. The summed E-state index contributed by atoms with van der Waals surface area (Å²) in [4.78, 5) is 11.5. The summed E-state index contributed by atoms with van der Waals surface area (Å²) in [6.45, 7) is 3.53. The van der Waals surface area contributed by atoms with Crippen molar-refractivity contribution in [1.82, 2.24) is 0 Å². The third-order valence-electron chi connectivity index (χ3n) is 2.07. The van der Waals surface area contributed by atoms with Crippen LogP contribution in [0.1, 0.15) is 30.6 Å². The fraction of sp³-hybridized carbons (Fsp3) is 0.417. The fourth-order valence-corrected chi connectivity index (χ4v) is 1.14. The normalized spacial score (nSPS) is 11.2. The van der Waals surface area contributed by atoms with E-state index in [4.69, 9.17) is 10.5 Å². The monoisotopic (exact) mass is 223 g/mol. The first-order valence-electron chi connectivity index (χ1n) is 5.13. The van der Waals surface area contributed by atoms with Gasteiger partial charge in [0.05, 0.1) is 17.8 Å². The van der Waals surface area contributed by atoms with Crippen LogP contribution in [-0.4, -0.2) is 23.3 Å². The maximum absolute atomic E-state index is 11.5. The number of nitrogens with two attached hydrogens (primary N) is 1. The molecule has 0 fully saturated rings. The Morgan fingerprint density at radius 1 is 1.50 bits per heavy atom. The molecule has 1 aromatic rings. The predicted octanol–water partition coefficient (Wildman–Crippen LogP) is 1.59. The Balaban J connectivity index is 2.47. The summed E-state index contributed by atoms with van der Waals surface area (Å²) in [5.41, 5.74) is 5.67. The van der Waals surface area contributed by atoms with Crippen molar-refractivity contribution in [2.45, 2.75) is 25.9 Å². The number of hydrogen-bond acceptors (Lipinski definition) is 4. The van der Waals surface area contributed by atoms with Crippen LogP contribution in [0.25, 0.3) is 0 Å². The first-order chi connectivity index (χ1) is 7.38. The molecule has 0 unspecified atom stereocenters. The molecular weight excluding hydrogens is 206 g/mol. The zero-order valence-corrected chi connectivity index (χ0v) is 9.56. The molecule has 0 aromatic heterocycles. The van der Waals surface area contributed by atoms with Gasteiger partial charge in [-0.2, -0.15) is 0 Å². The van der Waals surface area contributed by atoms with E-state index >= 15 is 0 Å². The largest absolute Gasteiger partial charge is 0.462 e.